The highest BCUT2D eigenvalue weighted by Gasteiger charge is 2.17. The Balaban J connectivity index is 1.20. The van der Waals surface area contributed by atoms with Gasteiger partial charge in [0.25, 0.3) is 0 Å². The molecule has 0 radical (unpaired) electrons. The van der Waals surface area contributed by atoms with Gasteiger partial charge in [-0.2, -0.15) is 0 Å². The van der Waals surface area contributed by atoms with Crippen molar-refractivity contribution >= 4 is 91.5 Å². The maximum Gasteiger partial charge on any atom is 0.0585 e. The van der Waals surface area contributed by atoms with Crippen LogP contribution in [0.5, 0.6) is 0 Å². The molecule has 0 N–H and O–H groups in total. The third-order valence-corrected chi connectivity index (χ3v) is 16.0. The molecule has 6 rings (SSSR count). The van der Waals surface area contributed by atoms with Gasteiger partial charge in [-0.25, -0.2) is 0 Å². The van der Waals surface area contributed by atoms with Crippen molar-refractivity contribution in [1.29, 1.82) is 0 Å². The van der Waals surface area contributed by atoms with Crippen LogP contribution in [-0.2, 0) is 0 Å². The van der Waals surface area contributed by atoms with Crippen LogP contribution < -0.4 is 0 Å². The Morgan fingerprint density at radius 1 is 0.500 bits per heavy atom. The summed E-state index contributed by atoms with van der Waals surface area (Å²) in [5.41, 5.74) is 0. The van der Waals surface area contributed by atoms with Crippen molar-refractivity contribution in [3.8, 4) is 48.8 Å². The molecule has 0 atom stereocenters. The number of thioether (sulfide) groups is 2. The summed E-state index contributed by atoms with van der Waals surface area (Å²) in [6.07, 6.45) is 5.04. The minimum absolute atomic E-state index is 1.19. The molecule has 0 amide bonds. The lowest BCUT2D eigenvalue weighted by atomic mass is 10.3. The number of hydrogen-bond donors (Lipinski definition) is 0. The van der Waals surface area contributed by atoms with Gasteiger partial charge in [-0.3, -0.25) is 0 Å². The van der Waals surface area contributed by atoms with Crippen molar-refractivity contribution in [3.05, 3.63) is 71.4 Å². The van der Waals surface area contributed by atoms with E-state index < -0.39 is 0 Å². The van der Waals surface area contributed by atoms with Gasteiger partial charge in [-0.15, -0.1) is 91.5 Å². The van der Waals surface area contributed by atoms with Crippen LogP contribution in [0.3, 0.4) is 0 Å². The van der Waals surface area contributed by atoms with Crippen molar-refractivity contribution in [2.75, 3.05) is 11.5 Å². The Morgan fingerprint density at radius 2 is 1.07 bits per heavy atom. The molecule has 40 heavy (non-hydrogen) atoms. The van der Waals surface area contributed by atoms with Gasteiger partial charge in [-0.05, 0) is 89.7 Å². The Kier molecular flexibility index (Phi) is 10.1. The minimum Gasteiger partial charge on any atom is -0.143 e. The molecule has 206 valence electrons. The quantitative estimate of drug-likeness (QED) is 0.0886. The molecule has 0 spiro atoms. The predicted molar refractivity (Wildman–Crippen MR) is 192 cm³/mol. The molecule has 0 bridgehead atoms. The second-order valence-corrected chi connectivity index (χ2v) is 17.7. The molecule has 0 nitrogen and oxygen atoms in total. The van der Waals surface area contributed by atoms with E-state index in [1.54, 1.807) is 0 Å². The van der Waals surface area contributed by atoms with Crippen LogP contribution in [0.15, 0.2) is 81.2 Å². The van der Waals surface area contributed by atoms with Crippen LogP contribution in [-0.4, -0.2) is 11.5 Å². The molecular weight excluding hydrogens is 641 g/mol. The van der Waals surface area contributed by atoms with E-state index >= 15 is 0 Å². The fraction of sp³-hybridized carbons (Fsp3) is 0.250. The van der Waals surface area contributed by atoms with Gasteiger partial charge in [0.2, 0.25) is 0 Å². The van der Waals surface area contributed by atoms with E-state index in [1.165, 1.54) is 95.8 Å². The first-order chi connectivity index (χ1) is 19.7. The molecule has 6 heterocycles. The van der Waals surface area contributed by atoms with E-state index in [0.717, 1.165) is 0 Å². The molecule has 6 aromatic heterocycles. The first-order valence-electron chi connectivity index (χ1n) is 13.5. The maximum atomic E-state index is 2.43. The molecular formula is C32H30S8. The largest absolute Gasteiger partial charge is 0.143 e. The summed E-state index contributed by atoms with van der Waals surface area (Å²) in [5, 5.41) is 4.43. The average Bonchev–Trinajstić information content (AvgIpc) is 3.80. The van der Waals surface area contributed by atoms with E-state index in [4.69, 9.17) is 0 Å². The standard InChI is InChI=1S/C32H30S8/c1-3-5-16-33-27-15-19-36-31(27)28-14-13-24(39-28)23-10-9-21(37-23)22-11-12-25(38-22)29-20-30(35-17-6-4-2)32(40-29)26-8-7-18-34-26/h7-15,18-20H,3-6,16-17H2,1-2H3. The summed E-state index contributed by atoms with van der Waals surface area (Å²) in [6.45, 7) is 4.54. The first-order valence-corrected chi connectivity index (χ1v) is 20.5. The van der Waals surface area contributed by atoms with Crippen LogP contribution in [0, 0.1) is 0 Å². The molecule has 0 unspecified atom stereocenters. The molecule has 0 aromatic carbocycles. The smallest absolute Gasteiger partial charge is 0.0585 e. The molecule has 8 heteroatoms. The van der Waals surface area contributed by atoms with Crippen molar-refractivity contribution in [3.63, 3.8) is 0 Å². The van der Waals surface area contributed by atoms with E-state index in [2.05, 4.69) is 85.3 Å². The SMILES string of the molecule is CCCCSc1ccsc1-c1ccc(-c2ccc(-c3ccc(-c4cc(SCCCC)c(-c5cccs5)s4)s3)s2)s1. The van der Waals surface area contributed by atoms with Gasteiger partial charge in [0.1, 0.15) is 0 Å². The highest BCUT2D eigenvalue weighted by Crippen LogP contribution is 2.49. The van der Waals surface area contributed by atoms with E-state index in [1.807, 2.05) is 91.5 Å². The van der Waals surface area contributed by atoms with Crippen LogP contribution >= 0.6 is 91.5 Å². The minimum atomic E-state index is 1.19. The van der Waals surface area contributed by atoms with Crippen LogP contribution in [0.2, 0.25) is 0 Å². The monoisotopic (exact) mass is 670 g/mol. The topological polar surface area (TPSA) is 0 Å². The molecule has 0 fully saturated rings. The summed E-state index contributed by atoms with van der Waals surface area (Å²) >= 11 is 15.5. The molecule has 6 aromatic rings. The van der Waals surface area contributed by atoms with Gasteiger partial charge in [0.05, 0.1) is 9.75 Å². The molecule has 0 saturated heterocycles. The van der Waals surface area contributed by atoms with E-state index in [-0.39, 0.29) is 0 Å². The van der Waals surface area contributed by atoms with Crippen molar-refractivity contribution in [1.82, 2.24) is 0 Å². The highest BCUT2D eigenvalue weighted by molar-refractivity contribution is 7.99. The van der Waals surface area contributed by atoms with E-state index in [0.29, 0.717) is 0 Å². The van der Waals surface area contributed by atoms with E-state index in [9.17, 15) is 0 Å². The Labute approximate surface area is 270 Å². The Bertz CT molecular complexity index is 1630. The zero-order valence-corrected chi connectivity index (χ0v) is 29.0. The lowest BCUT2D eigenvalue weighted by Crippen LogP contribution is -1.77. The highest BCUT2D eigenvalue weighted by atomic mass is 32.2. The van der Waals surface area contributed by atoms with Gasteiger partial charge in [0.15, 0.2) is 0 Å². The molecule has 0 aliphatic heterocycles. The second kappa shape index (κ2) is 13.9. The zero-order chi connectivity index (χ0) is 27.3. The first kappa shape index (κ1) is 29.0. The third kappa shape index (κ3) is 6.60. The molecule has 0 aliphatic rings. The van der Waals surface area contributed by atoms with Crippen molar-refractivity contribution < 1.29 is 0 Å². The summed E-state index contributed by atoms with van der Waals surface area (Å²) in [5.74, 6) is 2.39. The second-order valence-electron chi connectivity index (χ2n) is 9.29. The number of hydrogen-bond acceptors (Lipinski definition) is 8. The summed E-state index contributed by atoms with van der Waals surface area (Å²) in [4.78, 5) is 16.8. The van der Waals surface area contributed by atoms with Crippen molar-refractivity contribution in [2.24, 2.45) is 0 Å². The van der Waals surface area contributed by atoms with Crippen LogP contribution in [0.25, 0.3) is 48.8 Å². The number of rotatable bonds is 13. The molecule has 0 aliphatic carbocycles. The normalized spacial score (nSPS) is 11.6. The van der Waals surface area contributed by atoms with Crippen molar-refractivity contribution in [2.45, 2.75) is 49.3 Å². The zero-order valence-electron chi connectivity index (χ0n) is 22.4. The summed E-state index contributed by atoms with van der Waals surface area (Å²) < 4.78 is 0. The summed E-state index contributed by atoms with van der Waals surface area (Å²) in [6, 6.07) is 23.0. The van der Waals surface area contributed by atoms with Gasteiger partial charge >= 0.3 is 0 Å². The Morgan fingerprint density at radius 3 is 1.68 bits per heavy atom. The van der Waals surface area contributed by atoms with Gasteiger partial charge in [-0.1, -0.05) is 32.8 Å². The third-order valence-electron chi connectivity index (χ3n) is 6.35. The Hall–Kier alpha value is -1.10. The van der Waals surface area contributed by atoms with Crippen LogP contribution in [0.4, 0.5) is 0 Å². The fourth-order valence-electron chi connectivity index (χ4n) is 4.22. The average molecular weight is 671 g/mol. The fourth-order valence-corrected chi connectivity index (χ4v) is 13.4. The molecule has 0 saturated carbocycles. The lowest BCUT2D eigenvalue weighted by molar-refractivity contribution is 0.896. The predicted octanol–water partition coefficient (Wildman–Crippen LogP) is 14.2. The number of thiophene rings is 6. The van der Waals surface area contributed by atoms with Gasteiger partial charge in [0, 0.05) is 48.8 Å². The maximum absolute atomic E-state index is 2.43. The van der Waals surface area contributed by atoms with Crippen LogP contribution in [0.1, 0.15) is 39.5 Å². The summed E-state index contributed by atoms with van der Waals surface area (Å²) in [7, 11) is 0. The van der Waals surface area contributed by atoms with Gasteiger partial charge < -0.3 is 0 Å². The number of unbranched alkanes of at least 4 members (excludes halogenated alkanes) is 2. The lowest BCUT2D eigenvalue weighted by Gasteiger charge is -2.01.